The van der Waals surface area contributed by atoms with Gasteiger partial charge in [-0.25, -0.2) is 9.59 Å². The van der Waals surface area contributed by atoms with Crippen molar-refractivity contribution in [2.24, 2.45) is 5.10 Å². The Morgan fingerprint density at radius 3 is 2.47 bits per heavy atom. The van der Waals surface area contributed by atoms with Crippen molar-refractivity contribution in [2.45, 2.75) is 32.7 Å². The molecular formula is C31H31Br2IN4O7. The van der Waals surface area contributed by atoms with Crippen LogP contribution in [-0.2, 0) is 16.1 Å². The predicted molar refractivity (Wildman–Crippen MR) is 184 cm³/mol. The predicted octanol–water partition coefficient (Wildman–Crippen LogP) is 5.92. The van der Waals surface area contributed by atoms with E-state index in [4.69, 9.17) is 18.9 Å². The molecule has 4 rings (SSSR count). The van der Waals surface area contributed by atoms with Crippen molar-refractivity contribution in [1.29, 1.82) is 0 Å². The summed E-state index contributed by atoms with van der Waals surface area (Å²) in [6, 6.07) is 15.6. The summed E-state index contributed by atoms with van der Waals surface area (Å²) in [5, 5.41) is 19.9. The highest BCUT2D eigenvalue weighted by Crippen LogP contribution is 2.36. The highest BCUT2D eigenvalue weighted by atomic mass is 127. The number of halogens is 3. The van der Waals surface area contributed by atoms with Gasteiger partial charge in [-0.2, -0.15) is 5.10 Å². The number of amides is 2. The van der Waals surface area contributed by atoms with Gasteiger partial charge in [0.1, 0.15) is 19.0 Å². The van der Waals surface area contributed by atoms with Gasteiger partial charge in [0.05, 0.1) is 40.5 Å². The van der Waals surface area contributed by atoms with Crippen LogP contribution in [0.2, 0.25) is 0 Å². The summed E-state index contributed by atoms with van der Waals surface area (Å²) in [6.45, 7) is 4.05. The maximum atomic E-state index is 12.4. The van der Waals surface area contributed by atoms with Crippen LogP contribution < -0.4 is 30.3 Å². The number of hydrogen-bond acceptors (Lipinski definition) is 9. The SMILES string of the molecule is CCOc1cc([C@H]2NC(=O)NC(C)=C2C(=O)OC)ccc1OC[C@@H](O)N/N=C\c1cc(Br)c(OCc2ccc(I)cc2)c(Br)c1. The van der Waals surface area contributed by atoms with Crippen LogP contribution in [-0.4, -0.2) is 49.9 Å². The number of hydrazone groups is 1. The van der Waals surface area contributed by atoms with Gasteiger partial charge in [0, 0.05) is 9.27 Å². The molecule has 11 nitrogen and oxygen atoms in total. The molecule has 2 atom stereocenters. The number of carbonyl (C=O) groups is 2. The van der Waals surface area contributed by atoms with E-state index in [2.05, 4.69) is 75.6 Å². The van der Waals surface area contributed by atoms with Gasteiger partial charge < -0.3 is 34.7 Å². The van der Waals surface area contributed by atoms with Crippen LogP contribution in [0.3, 0.4) is 0 Å². The van der Waals surface area contributed by atoms with E-state index in [9.17, 15) is 14.7 Å². The average molecular weight is 858 g/mol. The Morgan fingerprint density at radius 1 is 1.09 bits per heavy atom. The molecule has 0 fully saturated rings. The molecule has 238 valence electrons. The second-order valence-corrected chi connectivity index (χ2v) is 12.6. The van der Waals surface area contributed by atoms with E-state index in [1.807, 2.05) is 43.3 Å². The summed E-state index contributed by atoms with van der Waals surface area (Å²) in [4.78, 5) is 24.6. The molecular weight excluding hydrogens is 827 g/mol. The van der Waals surface area contributed by atoms with Gasteiger partial charge in [0.25, 0.3) is 0 Å². The topological polar surface area (TPSA) is 140 Å². The monoisotopic (exact) mass is 856 g/mol. The molecule has 0 unspecified atom stereocenters. The van der Waals surface area contributed by atoms with E-state index >= 15 is 0 Å². The number of allylic oxidation sites excluding steroid dienone is 1. The lowest BCUT2D eigenvalue weighted by molar-refractivity contribution is -0.136. The molecule has 14 heteroatoms. The number of nitrogens with zero attached hydrogens (tertiary/aromatic N) is 1. The van der Waals surface area contributed by atoms with E-state index < -0.39 is 24.3 Å². The number of ether oxygens (including phenoxy) is 4. The Bertz CT molecular complexity index is 1580. The summed E-state index contributed by atoms with van der Waals surface area (Å²) in [5.74, 6) is 0.831. The van der Waals surface area contributed by atoms with Gasteiger partial charge in [0.2, 0.25) is 0 Å². The number of aliphatic hydroxyl groups excluding tert-OH is 1. The minimum Gasteiger partial charge on any atom is -0.490 e. The minimum absolute atomic E-state index is 0.147. The van der Waals surface area contributed by atoms with Crippen LogP contribution in [0.1, 0.15) is 36.6 Å². The Kier molecular flexibility index (Phi) is 12.5. The standard InChI is InChI=1S/C31H31Br2IN4O7/c1-4-43-25-13-20(28-27(30(40)42-3)17(2)36-31(41)37-28)7-10-24(25)44-16-26(39)38-35-14-19-11-22(32)29(23(33)12-19)45-15-18-5-8-21(34)9-6-18/h5-14,26,28,38-39H,4,15-16H2,1-3H3,(H2,36,37,41)/b35-14-/t26-,28-/m1/s1. The smallest absolute Gasteiger partial charge is 0.337 e. The van der Waals surface area contributed by atoms with Crippen molar-refractivity contribution in [3.8, 4) is 17.2 Å². The summed E-state index contributed by atoms with van der Waals surface area (Å²) < 4.78 is 25.1. The Hall–Kier alpha value is -3.34. The number of benzene rings is 3. The van der Waals surface area contributed by atoms with Crippen molar-refractivity contribution >= 4 is 72.7 Å². The van der Waals surface area contributed by atoms with Gasteiger partial charge >= 0.3 is 12.0 Å². The van der Waals surface area contributed by atoms with Crippen molar-refractivity contribution in [3.05, 3.63) is 95.1 Å². The van der Waals surface area contributed by atoms with Crippen molar-refractivity contribution in [2.75, 3.05) is 20.3 Å². The van der Waals surface area contributed by atoms with Gasteiger partial charge in [0.15, 0.2) is 17.7 Å². The van der Waals surface area contributed by atoms with Gasteiger partial charge in [-0.3, -0.25) is 5.43 Å². The highest BCUT2D eigenvalue weighted by molar-refractivity contribution is 14.1. The molecule has 0 saturated heterocycles. The first-order chi connectivity index (χ1) is 21.6. The molecule has 3 aromatic carbocycles. The van der Waals surface area contributed by atoms with Crippen LogP contribution in [0.4, 0.5) is 4.79 Å². The van der Waals surface area contributed by atoms with Gasteiger partial charge in [-0.1, -0.05) is 18.2 Å². The number of rotatable bonds is 13. The van der Waals surface area contributed by atoms with E-state index in [1.54, 1.807) is 31.3 Å². The third-order valence-electron chi connectivity index (χ3n) is 6.43. The third kappa shape index (κ3) is 9.34. The Balaban J connectivity index is 1.37. The van der Waals surface area contributed by atoms with Crippen LogP contribution >= 0.6 is 54.5 Å². The Labute approximate surface area is 291 Å². The highest BCUT2D eigenvalue weighted by Gasteiger charge is 2.32. The zero-order chi connectivity index (χ0) is 32.5. The largest absolute Gasteiger partial charge is 0.490 e. The summed E-state index contributed by atoms with van der Waals surface area (Å²) in [6.07, 6.45) is 0.420. The average Bonchev–Trinajstić information content (AvgIpc) is 3.00. The number of hydrogen-bond donors (Lipinski definition) is 4. The number of urea groups is 1. The van der Waals surface area contributed by atoms with Gasteiger partial charge in [-0.15, -0.1) is 0 Å². The fraction of sp³-hybridized carbons (Fsp3) is 0.258. The molecule has 45 heavy (non-hydrogen) atoms. The number of carbonyl (C=O) groups excluding carboxylic acids is 2. The number of nitrogens with one attached hydrogen (secondary N) is 3. The van der Waals surface area contributed by atoms with Crippen LogP contribution in [0.25, 0.3) is 0 Å². The van der Waals surface area contributed by atoms with Crippen LogP contribution in [0.15, 0.2) is 79.9 Å². The minimum atomic E-state index is -1.14. The summed E-state index contributed by atoms with van der Waals surface area (Å²) >= 11 is 9.37. The molecule has 0 radical (unpaired) electrons. The number of methoxy groups -OCH3 is 1. The molecule has 0 bridgehead atoms. The summed E-state index contributed by atoms with van der Waals surface area (Å²) in [5.41, 5.74) is 5.71. The molecule has 4 N–H and O–H groups in total. The fourth-order valence-corrected chi connectivity index (χ4v) is 6.16. The molecule has 1 aliphatic heterocycles. The van der Waals surface area contributed by atoms with Crippen molar-refractivity contribution in [1.82, 2.24) is 16.1 Å². The molecule has 3 aromatic rings. The molecule has 1 aliphatic rings. The van der Waals surface area contributed by atoms with E-state index in [0.717, 1.165) is 23.6 Å². The maximum absolute atomic E-state index is 12.4. The second kappa shape index (κ2) is 16.3. The zero-order valence-electron chi connectivity index (χ0n) is 24.5. The number of esters is 1. The fourth-order valence-electron chi connectivity index (χ4n) is 4.35. The van der Waals surface area contributed by atoms with Crippen LogP contribution in [0, 0.1) is 3.57 Å². The first kappa shape index (κ1) is 34.5. The second-order valence-electron chi connectivity index (χ2n) is 9.64. The zero-order valence-corrected chi connectivity index (χ0v) is 29.9. The lowest BCUT2D eigenvalue weighted by Gasteiger charge is -2.28. The van der Waals surface area contributed by atoms with E-state index in [1.165, 1.54) is 7.11 Å². The van der Waals surface area contributed by atoms with Crippen molar-refractivity contribution < 1.29 is 33.6 Å². The maximum Gasteiger partial charge on any atom is 0.337 e. The number of aliphatic hydroxyl groups is 1. The van der Waals surface area contributed by atoms with Crippen LogP contribution in [0.5, 0.6) is 17.2 Å². The third-order valence-corrected chi connectivity index (χ3v) is 8.32. The molecule has 0 aliphatic carbocycles. The van der Waals surface area contributed by atoms with Gasteiger partial charge in [-0.05, 0) is 121 Å². The lowest BCUT2D eigenvalue weighted by atomic mass is 9.95. The molecule has 0 aromatic heterocycles. The normalized spacial score (nSPS) is 15.3. The van der Waals surface area contributed by atoms with Crippen molar-refractivity contribution in [3.63, 3.8) is 0 Å². The van der Waals surface area contributed by atoms with E-state index in [0.29, 0.717) is 41.7 Å². The molecule has 0 saturated carbocycles. The van der Waals surface area contributed by atoms with E-state index in [-0.39, 0.29) is 12.2 Å². The molecule has 2 amide bonds. The molecule has 1 heterocycles. The quantitative estimate of drug-likeness (QED) is 0.0547. The molecule has 0 spiro atoms. The Morgan fingerprint density at radius 2 is 1.80 bits per heavy atom. The summed E-state index contributed by atoms with van der Waals surface area (Å²) in [7, 11) is 1.28. The first-order valence-corrected chi connectivity index (χ1v) is 16.3. The first-order valence-electron chi connectivity index (χ1n) is 13.7. The lowest BCUT2D eigenvalue weighted by Crippen LogP contribution is -2.45.